The van der Waals surface area contributed by atoms with Gasteiger partial charge in [0.1, 0.15) is 6.04 Å². The molecule has 0 N–H and O–H groups in total. The Balaban J connectivity index is 1.99. The molecule has 1 saturated heterocycles. The van der Waals surface area contributed by atoms with Crippen LogP contribution in [0.1, 0.15) is 25.1 Å². The van der Waals surface area contributed by atoms with Crippen molar-refractivity contribution in [1.82, 2.24) is 9.47 Å². The summed E-state index contributed by atoms with van der Waals surface area (Å²) < 4.78 is 6.98. The largest absolute Gasteiger partial charge is 0.464 e. The maximum atomic E-state index is 12.7. The van der Waals surface area contributed by atoms with Gasteiger partial charge in [-0.1, -0.05) is 18.2 Å². The first kappa shape index (κ1) is 18.3. The van der Waals surface area contributed by atoms with E-state index in [4.69, 9.17) is 4.74 Å². The molecule has 1 aliphatic heterocycles. The van der Waals surface area contributed by atoms with Crippen LogP contribution in [0, 0.1) is 6.92 Å². The van der Waals surface area contributed by atoms with Gasteiger partial charge in [0, 0.05) is 29.2 Å². The van der Waals surface area contributed by atoms with Crippen LogP contribution in [0.4, 0.5) is 4.79 Å². The van der Waals surface area contributed by atoms with Crippen molar-refractivity contribution in [2.24, 2.45) is 7.05 Å². The lowest BCUT2D eigenvalue weighted by Crippen LogP contribution is -2.42. The molecule has 1 unspecified atom stereocenters. The molecule has 6 nitrogen and oxygen atoms in total. The summed E-state index contributed by atoms with van der Waals surface area (Å²) in [6, 6.07) is 6.95. The summed E-state index contributed by atoms with van der Waals surface area (Å²) in [6.45, 7) is 5.35. The monoisotopic (exact) mass is 372 g/mol. The summed E-state index contributed by atoms with van der Waals surface area (Å²) in [7, 11) is 1.96. The first-order chi connectivity index (χ1) is 12.4. The lowest BCUT2D eigenvalue weighted by molar-refractivity contribution is -0.150. The van der Waals surface area contributed by atoms with E-state index in [0.717, 1.165) is 38.8 Å². The number of hydrogen-bond donors (Lipinski definition) is 0. The van der Waals surface area contributed by atoms with Gasteiger partial charge in [-0.15, -0.1) is 0 Å². The number of rotatable bonds is 4. The molecule has 2 aromatic rings. The molecule has 0 spiro atoms. The Hall–Kier alpha value is -2.54. The number of para-hydroxylation sites is 1. The average molecular weight is 372 g/mol. The Bertz CT molecular complexity index is 944. The molecule has 1 atom stereocenters. The van der Waals surface area contributed by atoms with Gasteiger partial charge in [-0.3, -0.25) is 14.5 Å². The van der Waals surface area contributed by atoms with E-state index in [1.807, 2.05) is 42.8 Å². The molecular formula is C19H20N2O4S. The molecule has 26 heavy (non-hydrogen) atoms. The van der Waals surface area contributed by atoms with Gasteiger partial charge in [0.2, 0.25) is 0 Å². The van der Waals surface area contributed by atoms with Crippen LogP contribution in [-0.2, 0) is 21.4 Å². The van der Waals surface area contributed by atoms with Crippen LogP contribution in [0.3, 0.4) is 0 Å². The van der Waals surface area contributed by atoms with Crippen molar-refractivity contribution in [2.45, 2.75) is 26.8 Å². The molecule has 0 aliphatic carbocycles. The number of hydrogen-bond acceptors (Lipinski definition) is 5. The van der Waals surface area contributed by atoms with Gasteiger partial charge >= 0.3 is 5.97 Å². The van der Waals surface area contributed by atoms with Crippen molar-refractivity contribution in [3.05, 3.63) is 40.4 Å². The molecule has 0 saturated carbocycles. The van der Waals surface area contributed by atoms with E-state index in [0.29, 0.717) is 4.91 Å². The van der Waals surface area contributed by atoms with Crippen LogP contribution in [-0.4, -0.2) is 39.2 Å². The quantitative estimate of drug-likeness (QED) is 0.607. The molecule has 0 radical (unpaired) electrons. The van der Waals surface area contributed by atoms with Crippen molar-refractivity contribution < 1.29 is 19.1 Å². The zero-order chi connectivity index (χ0) is 19.0. The fourth-order valence-corrected chi connectivity index (χ4v) is 3.94. The minimum atomic E-state index is -0.943. The van der Waals surface area contributed by atoms with E-state index in [1.54, 1.807) is 13.0 Å². The number of thioether (sulfide) groups is 1. The van der Waals surface area contributed by atoms with Crippen LogP contribution in [0.2, 0.25) is 0 Å². The molecule has 1 aromatic carbocycles. The number of aryl methyl sites for hydroxylation is 1. The normalized spacial score (nSPS) is 17.4. The fraction of sp³-hybridized carbons (Fsp3) is 0.316. The first-order valence-corrected chi connectivity index (χ1v) is 9.16. The molecule has 1 aromatic heterocycles. The van der Waals surface area contributed by atoms with Crippen molar-refractivity contribution in [3.8, 4) is 0 Å². The van der Waals surface area contributed by atoms with E-state index >= 15 is 0 Å². The molecule has 136 valence electrons. The van der Waals surface area contributed by atoms with Gasteiger partial charge in [-0.05, 0) is 44.7 Å². The van der Waals surface area contributed by atoms with Gasteiger partial charge in [0.05, 0.1) is 11.5 Å². The van der Waals surface area contributed by atoms with Crippen LogP contribution in [0.5, 0.6) is 0 Å². The third-order valence-corrected chi connectivity index (χ3v) is 5.45. The molecule has 2 amide bonds. The molecular weight excluding hydrogens is 352 g/mol. The minimum Gasteiger partial charge on any atom is -0.464 e. The Morgan fingerprint density at radius 3 is 2.69 bits per heavy atom. The number of aromatic nitrogens is 1. The molecule has 3 rings (SSSR count). The molecule has 1 aliphatic rings. The summed E-state index contributed by atoms with van der Waals surface area (Å²) >= 11 is 0.848. The van der Waals surface area contributed by atoms with E-state index in [2.05, 4.69) is 0 Å². The zero-order valence-electron chi connectivity index (χ0n) is 15.1. The van der Waals surface area contributed by atoms with Gasteiger partial charge < -0.3 is 9.30 Å². The molecule has 1 fully saturated rings. The lowest BCUT2D eigenvalue weighted by atomic mass is 10.1. The summed E-state index contributed by atoms with van der Waals surface area (Å²) in [5.41, 5.74) is 2.95. The number of esters is 1. The molecule has 0 bridgehead atoms. The number of ether oxygens (including phenoxy) is 1. The number of nitrogens with zero attached hydrogens (tertiary/aromatic N) is 2. The molecule has 2 heterocycles. The highest BCUT2D eigenvalue weighted by molar-refractivity contribution is 8.18. The second-order valence-electron chi connectivity index (χ2n) is 6.05. The Kier molecular flexibility index (Phi) is 4.91. The Morgan fingerprint density at radius 2 is 2.00 bits per heavy atom. The number of carbonyl (C=O) groups is 3. The van der Waals surface area contributed by atoms with E-state index in [-0.39, 0.29) is 6.61 Å². The lowest BCUT2D eigenvalue weighted by Gasteiger charge is -2.19. The Morgan fingerprint density at radius 1 is 1.31 bits per heavy atom. The summed E-state index contributed by atoms with van der Waals surface area (Å²) in [6.07, 6.45) is 1.74. The minimum absolute atomic E-state index is 0.199. The number of benzene rings is 1. The maximum absolute atomic E-state index is 12.7. The Labute approximate surface area is 155 Å². The fourth-order valence-electron chi connectivity index (χ4n) is 3.05. The number of fused-ring (bicyclic) bond motifs is 1. The predicted molar refractivity (Wildman–Crippen MR) is 102 cm³/mol. The summed E-state index contributed by atoms with van der Waals surface area (Å²) in [5, 5.41) is 0.553. The highest BCUT2D eigenvalue weighted by Gasteiger charge is 2.41. The van der Waals surface area contributed by atoms with Gasteiger partial charge in [-0.2, -0.15) is 0 Å². The van der Waals surface area contributed by atoms with Gasteiger partial charge in [0.25, 0.3) is 11.1 Å². The van der Waals surface area contributed by atoms with Crippen LogP contribution in [0.15, 0.2) is 29.2 Å². The van der Waals surface area contributed by atoms with Crippen molar-refractivity contribution in [3.63, 3.8) is 0 Å². The zero-order valence-corrected chi connectivity index (χ0v) is 15.9. The first-order valence-electron chi connectivity index (χ1n) is 8.34. The van der Waals surface area contributed by atoms with Crippen LogP contribution < -0.4 is 0 Å². The van der Waals surface area contributed by atoms with Crippen molar-refractivity contribution >= 4 is 45.9 Å². The maximum Gasteiger partial charge on any atom is 0.329 e. The predicted octanol–water partition coefficient (Wildman–Crippen LogP) is 3.47. The van der Waals surface area contributed by atoms with Gasteiger partial charge in [0.15, 0.2) is 0 Å². The molecule has 7 heteroatoms. The van der Waals surface area contributed by atoms with E-state index in [9.17, 15) is 14.4 Å². The number of carbonyl (C=O) groups excluding carboxylic acids is 3. The highest BCUT2D eigenvalue weighted by Crippen LogP contribution is 2.36. The third kappa shape index (κ3) is 2.92. The SMILES string of the molecule is CCOC(=O)C(C)N1C(=O)S/C(=C/c2c(C)n(C)c3ccccc23)C1=O. The summed E-state index contributed by atoms with van der Waals surface area (Å²) in [4.78, 5) is 38.2. The average Bonchev–Trinajstić information content (AvgIpc) is 3.03. The second kappa shape index (κ2) is 6.99. The highest BCUT2D eigenvalue weighted by atomic mass is 32.2. The van der Waals surface area contributed by atoms with Crippen LogP contribution >= 0.6 is 11.8 Å². The van der Waals surface area contributed by atoms with E-state index < -0.39 is 23.2 Å². The topological polar surface area (TPSA) is 68.6 Å². The number of imide groups is 1. The second-order valence-corrected chi connectivity index (χ2v) is 7.05. The number of amides is 2. The standard InChI is InChI=1S/C19H20N2O4S/c1-5-25-18(23)12(3)21-17(22)16(26-19(21)24)10-14-11(2)20(4)15-9-7-6-8-13(14)15/h6-10,12H,5H2,1-4H3/b16-10+. The van der Waals surface area contributed by atoms with E-state index in [1.165, 1.54) is 6.92 Å². The third-order valence-electron chi connectivity index (χ3n) is 4.56. The van der Waals surface area contributed by atoms with Crippen molar-refractivity contribution in [2.75, 3.05) is 6.61 Å². The smallest absolute Gasteiger partial charge is 0.329 e. The summed E-state index contributed by atoms with van der Waals surface area (Å²) in [5.74, 6) is -1.05. The van der Waals surface area contributed by atoms with Crippen LogP contribution in [0.25, 0.3) is 17.0 Å². The van der Waals surface area contributed by atoms with Gasteiger partial charge in [-0.25, -0.2) is 4.79 Å². The van der Waals surface area contributed by atoms with Crippen molar-refractivity contribution in [1.29, 1.82) is 0 Å².